The van der Waals surface area contributed by atoms with Gasteiger partial charge in [-0.25, -0.2) is 0 Å². The van der Waals surface area contributed by atoms with Crippen molar-refractivity contribution in [2.75, 3.05) is 13.1 Å². The number of pyridine rings is 1. The normalized spacial score (nSPS) is 15.7. The summed E-state index contributed by atoms with van der Waals surface area (Å²) in [5.41, 5.74) is 1.69. The van der Waals surface area contributed by atoms with Gasteiger partial charge >= 0.3 is 0 Å². The number of hydrogen-bond donors (Lipinski definition) is 1. The van der Waals surface area contributed by atoms with E-state index in [1.807, 2.05) is 36.4 Å². The zero-order valence-electron chi connectivity index (χ0n) is 10.3. The third kappa shape index (κ3) is 2.40. The van der Waals surface area contributed by atoms with E-state index in [1.165, 1.54) is 4.90 Å². The third-order valence-corrected chi connectivity index (χ3v) is 3.13. The van der Waals surface area contributed by atoms with Gasteiger partial charge in [-0.15, -0.1) is 0 Å². The highest BCUT2D eigenvalue weighted by Gasteiger charge is 2.23. The molecule has 1 aliphatic heterocycles. The molecule has 1 aromatic carbocycles. The second-order valence-electron chi connectivity index (χ2n) is 4.52. The Labute approximate surface area is 110 Å². The lowest BCUT2D eigenvalue weighted by atomic mass is 10.2. The van der Waals surface area contributed by atoms with E-state index in [2.05, 4.69) is 10.3 Å². The Kier molecular flexibility index (Phi) is 2.87. The summed E-state index contributed by atoms with van der Waals surface area (Å²) in [6, 6.07) is 11.7. The number of para-hydroxylation sites is 1. The summed E-state index contributed by atoms with van der Waals surface area (Å²) in [4.78, 5) is 29.0. The van der Waals surface area contributed by atoms with E-state index in [0.717, 1.165) is 16.6 Å². The fourth-order valence-corrected chi connectivity index (χ4v) is 2.14. The Bertz CT molecular complexity index is 654. The van der Waals surface area contributed by atoms with Gasteiger partial charge in [0.25, 0.3) is 0 Å². The second kappa shape index (κ2) is 4.68. The van der Waals surface area contributed by atoms with Gasteiger partial charge in [0.2, 0.25) is 11.8 Å². The largest absolute Gasteiger partial charge is 0.345 e. The molecule has 2 aromatic rings. The average molecular weight is 255 g/mol. The maximum Gasteiger partial charge on any atom is 0.242 e. The number of aromatic nitrogens is 1. The summed E-state index contributed by atoms with van der Waals surface area (Å²) in [7, 11) is 0. The van der Waals surface area contributed by atoms with E-state index in [0.29, 0.717) is 6.54 Å². The lowest BCUT2D eigenvalue weighted by molar-refractivity contribution is -0.141. The Morgan fingerprint density at radius 1 is 1.16 bits per heavy atom. The molecule has 0 radical (unpaired) electrons. The molecule has 19 heavy (non-hydrogen) atoms. The molecule has 0 saturated carbocycles. The van der Waals surface area contributed by atoms with Gasteiger partial charge in [0.05, 0.1) is 30.8 Å². The lowest BCUT2D eigenvalue weighted by Gasteiger charge is -2.26. The molecule has 0 spiro atoms. The Morgan fingerprint density at radius 2 is 2.00 bits per heavy atom. The number of carbonyl (C=O) groups is 2. The first-order valence-electron chi connectivity index (χ1n) is 6.11. The molecule has 96 valence electrons. The van der Waals surface area contributed by atoms with Crippen LogP contribution >= 0.6 is 0 Å². The molecular formula is C14H13N3O2. The molecule has 1 saturated heterocycles. The van der Waals surface area contributed by atoms with E-state index >= 15 is 0 Å². The van der Waals surface area contributed by atoms with Gasteiger partial charge in [0.1, 0.15) is 0 Å². The van der Waals surface area contributed by atoms with Crippen LogP contribution in [0.2, 0.25) is 0 Å². The molecule has 0 bridgehead atoms. The van der Waals surface area contributed by atoms with Gasteiger partial charge < -0.3 is 10.2 Å². The molecule has 1 fully saturated rings. The van der Waals surface area contributed by atoms with Crippen LogP contribution in [0.5, 0.6) is 0 Å². The van der Waals surface area contributed by atoms with Crippen LogP contribution in [0.15, 0.2) is 36.4 Å². The molecule has 1 aromatic heterocycles. The van der Waals surface area contributed by atoms with Crippen molar-refractivity contribution < 1.29 is 9.59 Å². The van der Waals surface area contributed by atoms with E-state index in [-0.39, 0.29) is 24.9 Å². The van der Waals surface area contributed by atoms with Crippen molar-refractivity contribution in [1.82, 2.24) is 15.2 Å². The molecule has 5 heteroatoms. The van der Waals surface area contributed by atoms with Crippen LogP contribution in [-0.4, -0.2) is 34.8 Å². The summed E-state index contributed by atoms with van der Waals surface area (Å²) >= 11 is 0. The fourth-order valence-electron chi connectivity index (χ4n) is 2.14. The van der Waals surface area contributed by atoms with Crippen LogP contribution in [-0.2, 0) is 16.1 Å². The minimum Gasteiger partial charge on any atom is -0.345 e. The molecule has 0 aliphatic carbocycles. The summed E-state index contributed by atoms with van der Waals surface area (Å²) in [6.45, 7) is 0.552. The molecule has 2 amide bonds. The van der Waals surface area contributed by atoms with E-state index in [4.69, 9.17) is 0 Å². The molecule has 0 atom stereocenters. The van der Waals surface area contributed by atoms with Gasteiger partial charge in [0, 0.05) is 5.39 Å². The number of rotatable bonds is 2. The molecular weight excluding hydrogens is 242 g/mol. The number of carbonyl (C=O) groups excluding carboxylic acids is 2. The zero-order chi connectivity index (χ0) is 13.2. The van der Waals surface area contributed by atoms with Crippen molar-refractivity contribution in [3.8, 4) is 0 Å². The number of nitrogens with zero attached hydrogens (tertiary/aromatic N) is 2. The number of piperazine rings is 1. The monoisotopic (exact) mass is 255 g/mol. The highest BCUT2D eigenvalue weighted by molar-refractivity contribution is 5.92. The number of nitrogens with one attached hydrogen (secondary N) is 1. The van der Waals surface area contributed by atoms with Crippen LogP contribution in [0, 0.1) is 0 Å². The Hall–Kier alpha value is -2.43. The summed E-state index contributed by atoms with van der Waals surface area (Å²) in [6.07, 6.45) is 0. The Balaban J connectivity index is 1.84. The highest BCUT2D eigenvalue weighted by atomic mass is 16.2. The van der Waals surface area contributed by atoms with Crippen LogP contribution in [0.25, 0.3) is 10.9 Å². The topological polar surface area (TPSA) is 62.3 Å². The maximum absolute atomic E-state index is 11.7. The smallest absolute Gasteiger partial charge is 0.242 e. The zero-order valence-corrected chi connectivity index (χ0v) is 10.3. The molecule has 1 aliphatic rings. The van der Waals surface area contributed by atoms with Crippen LogP contribution in [0.1, 0.15) is 5.69 Å². The minimum absolute atomic E-state index is 0.0745. The molecule has 0 unspecified atom stereocenters. The second-order valence-corrected chi connectivity index (χ2v) is 4.52. The van der Waals surface area contributed by atoms with Crippen molar-refractivity contribution in [2.24, 2.45) is 0 Å². The first-order chi connectivity index (χ1) is 9.22. The van der Waals surface area contributed by atoms with Gasteiger partial charge in [-0.1, -0.05) is 24.3 Å². The minimum atomic E-state index is -0.125. The molecule has 5 nitrogen and oxygen atoms in total. The maximum atomic E-state index is 11.7. The first-order valence-corrected chi connectivity index (χ1v) is 6.11. The highest BCUT2D eigenvalue weighted by Crippen LogP contribution is 2.13. The quantitative estimate of drug-likeness (QED) is 0.859. The van der Waals surface area contributed by atoms with Gasteiger partial charge in [-0.05, 0) is 12.1 Å². The van der Waals surface area contributed by atoms with E-state index < -0.39 is 0 Å². The SMILES string of the molecule is O=C1CN(Cc2ccc3ccccc3n2)C(=O)CN1. The van der Waals surface area contributed by atoms with Crippen LogP contribution < -0.4 is 5.32 Å². The summed E-state index contributed by atoms with van der Waals surface area (Å²) in [5.74, 6) is -0.199. The van der Waals surface area contributed by atoms with Crippen molar-refractivity contribution >= 4 is 22.7 Å². The van der Waals surface area contributed by atoms with Crippen molar-refractivity contribution in [3.63, 3.8) is 0 Å². The number of benzene rings is 1. The van der Waals surface area contributed by atoms with Crippen LogP contribution in [0.3, 0.4) is 0 Å². The predicted molar refractivity (Wildman–Crippen MR) is 70.2 cm³/mol. The fraction of sp³-hybridized carbons (Fsp3) is 0.214. The average Bonchev–Trinajstić information content (AvgIpc) is 2.43. The molecule has 3 rings (SSSR count). The van der Waals surface area contributed by atoms with E-state index in [9.17, 15) is 9.59 Å². The summed E-state index contributed by atoms with van der Waals surface area (Å²) in [5, 5.41) is 3.59. The van der Waals surface area contributed by atoms with Gasteiger partial charge in [-0.2, -0.15) is 0 Å². The Morgan fingerprint density at radius 3 is 2.89 bits per heavy atom. The molecule has 1 N–H and O–H groups in total. The third-order valence-electron chi connectivity index (χ3n) is 3.13. The van der Waals surface area contributed by atoms with E-state index in [1.54, 1.807) is 0 Å². The predicted octanol–water partition coefficient (Wildman–Crippen LogP) is 0.693. The molecule has 2 heterocycles. The standard InChI is InChI=1S/C14H13N3O2/c18-13-9-17(14(19)7-15-13)8-11-6-5-10-3-1-2-4-12(10)16-11/h1-6H,7-9H2,(H,15,18). The van der Waals surface area contributed by atoms with Crippen molar-refractivity contribution in [3.05, 3.63) is 42.1 Å². The first kappa shape index (κ1) is 11.6. The van der Waals surface area contributed by atoms with Crippen LogP contribution in [0.4, 0.5) is 0 Å². The van der Waals surface area contributed by atoms with Gasteiger partial charge in [0.15, 0.2) is 0 Å². The number of hydrogen-bond acceptors (Lipinski definition) is 3. The van der Waals surface area contributed by atoms with Gasteiger partial charge in [-0.3, -0.25) is 14.6 Å². The summed E-state index contributed by atoms with van der Waals surface area (Å²) < 4.78 is 0. The lowest BCUT2D eigenvalue weighted by Crippen LogP contribution is -2.51. The van der Waals surface area contributed by atoms with Crippen molar-refractivity contribution in [1.29, 1.82) is 0 Å². The van der Waals surface area contributed by atoms with Crippen molar-refractivity contribution in [2.45, 2.75) is 6.54 Å². The number of amides is 2. The number of fused-ring (bicyclic) bond motifs is 1.